The first-order chi connectivity index (χ1) is 7.36. The zero-order valence-corrected chi connectivity index (χ0v) is 9.97. The maximum atomic E-state index is 5.62. The lowest BCUT2D eigenvalue weighted by molar-refractivity contribution is 0.669. The number of benzene rings is 1. The van der Waals surface area contributed by atoms with Crippen LogP contribution in [0, 0.1) is 0 Å². The molecule has 0 fully saturated rings. The lowest BCUT2D eigenvalue weighted by Crippen LogP contribution is -1.86. The molecule has 0 unspecified atom stereocenters. The van der Waals surface area contributed by atoms with Gasteiger partial charge in [0.2, 0.25) is 0 Å². The summed E-state index contributed by atoms with van der Waals surface area (Å²) in [6.45, 7) is 3.74. The Morgan fingerprint density at radius 3 is 2.27 bits per heavy atom. The van der Waals surface area contributed by atoms with Crippen LogP contribution in [0.5, 0.6) is 0 Å². The van der Waals surface area contributed by atoms with Gasteiger partial charge in [0.1, 0.15) is 0 Å². The molecule has 15 heavy (non-hydrogen) atoms. The second-order valence-corrected chi connectivity index (χ2v) is 4.18. The van der Waals surface area contributed by atoms with Gasteiger partial charge in [0, 0.05) is 5.88 Å². The minimum atomic E-state index is 0.800. The normalized spacial score (nSPS) is 10.2. The van der Waals surface area contributed by atoms with E-state index >= 15 is 0 Å². The number of rotatable bonds is 7. The molecular formula is C14H19Cl. The molecule has 0 amide bonds. The molecule has 1 aromatic carbocycles. The van der Waals surface area contributed by atoms with Crippen molar-refractivity contribution in [3.05, 3.63) is 42.0 Å². The van der Waals surface area contributed by atoms with Crippen LogP contribution in [0.4, 0.5) is 0 Å². The Hall–Kier alpha value is -0.750. The van der Waals surface area contributed by atoms with Gasteiger partial charge in [0.05, 0.1) is 0 Å². The maximum absolute atomic E-state index is 5.62. The summed E-state index contributed by atoms with van der Waals surface area (Å²) in [6, 6.07) is 8.64. The van der Waals surface area contributed by atoms with E-state index in [0.717, 1.165) is 12.3 Å². The van der Waals surface area contributed by atoms with E-state index < -0.39 is 0 Å². The van der Waals surface area contributed by atoms with Crippen LogP contribution in [0.2, 0.25) is 0 Å². The molecule has 0 N–H and O–H groups in total. The average molecular weight is 223 g/mol. The standard InChI is InChI=1S/C14H19Cl/c1-2-13-8-10-14(11-9-13)7-5-3-4-6-12-15/h2,8-11H,1,3-7,12H2. The Morgan fingerprint density at radius 2 is 1.67 bits per heavy atom. The summed E-state index contributed by atoms with van der Waals surface area (Å²) in [6.07, 6.45) is 8.02. The second kappa shape index (κ2) is 7.53. The molecule has 0 aliphatic heterocycles. The van der Waals surface area contributed by atoms with Crippen LogP contribution >= 0.6 is 11.6 Å². The molecule has 82 valence electrons. The summed E-state index contributed by atoms with van der Waals surface area (Å²) in [5.74, 6) is 0.800. The van der Waals surface area contributed by atoms with Gasteiger partial charge in [-0.3, -0.25) is 0 Å². The van der Waals surface area contributed by atoms with Crippen molar-refractivity contribution < 1.29 is 0 Å². The molecule has 1 aromatic rings. The highest BCUT2D eigenvalue weighted by atomic mass is 35.5. The van der Waals surface area contributed by atoms with Gasteiger partial charge >= 0.3 is 0 Å². The summed E-state index contributed by atoms with van der Waals surface area (Å²) in [7, 11) is 0. The molecule has 1 heteroatoms. The third kappa shape index (κ3) is 5.03. The van der Waals surface area contributed by atoms with Gasteiger partial charge in [0.15, 0.2) is 0 Å². The van der Waals surface area contributed by atoms with Gasteiger partial charge in [-0.25, -0.2) is 0 Å². The largest absolute Gasteiger partial charge is 0.127 e. The molecule has 0 aliphatic rings. The molecule has 0 saturated heterocycles. The quantitative estimate of drug-likeness (QED) is 0.465. The first-order valence-corrected chi connectivity index (χ1v) is 6.17. The fraction of sp³-hybridized carbons (Fsp3) is 0.429. The fourth-order valence-corrected chi connectivity index (χ4v) is 1.79. The molecule has 0 nitrogen and oxygen atoms in total. The zero-order valence-electron chi connectivity index (χ0n) is 9.21. The lowest BCUT2D eigenvalue weighted by atomic mass is 10.0. The highest BCUT2D eigenvalue weighted by molar-refractivity contribution is 6.17. The third-order valence-electron chi connectivity index (χ3n) is 2.56. The maximum Gasteiger partial charge on any atom is 0.0223 e. The van der Waals surface area contributed by atoms with Gasteiger partial charge in [0.25, 0.3) is 0 Å². The van der Waals surface area contributed by atoms with Crippen molar-refractivity contribution in [2.45, 2.75) is 32.1 Å². The number of hydrogen-bond donors (Lipinski definition) is 0. The van der Waals surface area contributed by atoms with Gasteiger partial charge in [-0.1, -0.05) is 49.8 Å². The monoisotopic (exact) mass is 222 g/mol. The second-order valence-electron chi connectivity index (χ2n) is 3.80. The summed E-state index contributed by atoms with van der Waals surface area (Å²) >= 11 is 5.62. The number of halogens is 1. The predicted octanol–water partition coefficient (Wildman–Crippen LogP) is 4.67. The molecule has 0 aliphatic carbocycles. The molecule has 0 aromatic heterocycles. The van der Waals surface area contributed by atoms with E-state index in [1.54, 1.807) is 0 Å². The summed E-state index contributed by atoms with van der Waals surface area (Å²) in [4.78, 5) is 0. The lowest BCUT2D eigenvalue weighted by Gasteiger charge is -2.01. The van der Waals surface area contributed by atoms with Crippen molar-refractivity contribution in [2.24, 2.45) is 0 Å². The van der Waals surface area contributed by atoms with E-state index in [1.165, 1.54) is 36.8 Å². The Morgan fingerprint density at radius 1 is 1.00 bits per heavy atom. The van der Waals surface area contributed by atoms with Crippen LogP contribution in [0.1, 0.15) is 36.8 Å². The minimum absolute atomic E-state index is 0.800. The Bertz CT molecular complexity index is 274. The van der Waals surface area contributed by atoms with E-state index in [2.05, 4.69) is 30.8 Å². The molecule has 0 bridgehead atoms. The molecule has 0 radical (unpaired) electrons. The van der Waals surface area contributed by atoms with Crippen LogP contribution in [0.15, 0.2) is 30.8 Å². The van der Waals surface area contributed by atoms with Crippen molar-refractivity contribution in [1.29, 1.82) is 0 Å². The molecule has 0 saturated carbocycles. The fourth-order valence-electron chi connectivity index (χ4n) is 1.60. The van der Waals surface area contributed by atoms with Crippen LogP contribution < -0.4 is 0 Å². The van der Waals surface area contributed by atoms with Gasteiger partial charge in [-0.15, -0.1) is 11.6 Å². The predicted molar refractivity (Wildman–Crippen MR) is 69.4 cm³/mol. The molecular weight excluding hydrogens is 204 g/mol. The van der Waals surface area contributed by atoms with Crippen LogP contribution in [-0.2, 0) is 6.42 Å². The first kappa shape index (κ1) is 12.3. The van der Waals surface area contributed by atoms with Gasteiger partial charge < -0.3 is 0 Å². The Balaban J connectivity index is 2.22. The topological polar surface area (TPSA) is 0 Å². The van der Waals surface area contributed by atoms with Crippen LogP contribution in [0.25, 0.3) is 6.08 Å². The smallest absolute Gasteiger partial charge is 0.0223 e. The number of aryl methyl sites for hydroxylation is 1. The summed E-state index contributed by atoms with van der Waals surface area (Å²) < 4.78 is 0. The van der Waals surface area contributed by atoms with Crippen molar-refractivity contribution >= 4 is 17.7 Å². The molecule has 0 spiro atoms. The van der Waals surface area contributed by atoms with Crippen LogP contribution in [-0.4, -0.2) is 5.88 Å². The Kier molecular flexibility index (Phi) is 6.18. The summed E-state index contributed by atoms with van der Waals surface area (Å²) in [5.41, 5.74) is 2.62. The summed E-state index contributed by atoms with van der Waals surface area (Å²) in [5, 5.41) is 0. The zero-order chi connectivity index (χ0) is 10.9. The molecule has 0 heterocycles. The third-order valence-corrected chi connectivity index (χ3v) is 2.83. The SMILES string of the molecule is C=Cc1ccc(CCCCCCCl)cc1. The van der Waals surface area contributed by atoms with Crippen molar-refractivity contribution in [2.75, 3.05) is 5.88 Å². The number of hydrogen-bond acceptors (Lipinski definition) is 0. The first-order valence-electron chi connectivity index (χ1n) is 5.64. The highest BCUT2D eigenvalue weighted by Gasteiger charge is 1.93. The van der Waals surface area contributed by atoms with E-state index in [4.69, 9.17) is 11.6 Å². The minimum Gasteiger partial charge on any atom is -0.127 e. The highest BCUT2D eigenvalue weighted by Crippen LogP contribution is 2.10. The van der Waals surface area contributed by atoms with Crippen molar-refractivity contribution in [3.8, 4) is 0 Å². The molecule has 0 atom stereocenters. The van der Waals surface area contributed by atoms with E-state index in [1.807, 2.05) is 6.08 Å². The van der Waals surface area contributed by atoms with Crippen molar-refractivity contribution in [1.82, 2.24) is 0 Å². The number of unbranched alkanes of at least 4 members (excludes halogenated alkanes) is 3. The number of alkyl halides is 1. The van der Waals surface area contributed by atoms with E-state index in [-0.39, 0.29) is 0 Å². The van der Waals surface area contributed by atoms with Gasteiger partial charge in [-0.2, -0.15) is 0 Å². The van der Waals surface area contributed by atoms with Crippen LogP contribution in [0.3, 0.4) is 0 Å². The average Bonchev–Trinajstić information content (AvgIpc) is 2.30. The van der Waals surface area contributed by atoms with Crippen molar-refractivity contribution in [3.63, 3.8) is 0 Å². The van der Waals surface area contributed by atoms with E-state index in [9.17, 15) is 0 Å². The Labute approximate surface area is 98.0 Å². The van der Waals surface area contributed by atoms with E-state index in [0.29, 0.717) is 0 Å². The molecule has 1 rings (SSSR count). The van der Waals surface area contributed by atoms with Gasteiger partial charge in [-0.05, 0) is 30.4 Å².